The zero-order chi connectivity index (χ0) is 14.0. The Morgan fingerprint density at radius 3 is 2.40 bits per heavy atom. The molecule has 0 aromatic heterocycles. The van der Waals surface area contributed by atoms with Crippen LogP contribution in [0.15, 0.2) is 18.2 Å². The van der Waals surface area contributed by atoms with Crippen molar-refractivity contribution in [2.45, 2.75) is 51.6 Å². The van der Waals surface area contributed by atoms with Crippen molar-refractivity contribution in [2.24, 2.45) is 5.41 Å². The molecule has 0 unspecified atom stereocenters. The lowest BCUT2D eigenvalue weighted by Crippen LogP contribution is -2.41. The van der Waals surface area contributed by atoms with Gasteiger partial charge in [0.1, 0.15) is 0 Å². The summed E-state index contributed by atoms with van der Waals surface area (Å²) in [6.07, 6.45) is 9.73. The van der Waals surface area contributed by atoms with Gasteiger partial charge in [-0.1, -0.05) is 30.9 Å². The minimum atomic E-state index is 0.0670. The van der Waals surface area contributed by atoms with Gasteiger partial charge in [0.2, 0.25) is 0 Å². The largest absolute Gasteiger partial charge is 0.392 e. The van der Waals surface area contributed by atoms with Crippen LogP contribution in [0.3, 0.4) is 0 Å². The Labute approximate surface area is 126 Å². The standard InChI is InChI=1S/C17H24ClNO/c18-15-4-5-16(14(12-15)13-20)19-10-8-17(9-11-19)6-2-1-3-7-17/h4-5,12,20H,1-3,6-11,13H2. The number of hydrogen-bond donors (Lipinski definition) is 1. The fourth-order valence-electron chi connectivity index (χ4n) is 4.01. The molecule has 3 heteroatoms. The van der Waals surface area contributed by atoms with Gasteiger partial charge >= 0.3 is 0 Å². The lowest BCUT2D eigenvalue weighted by molar-refractivity contribution is 0.144. The maximum absolute atomic E-state index is 9.53. The number of anilines is 1. The molecule has 0 amide bonds. The van der Waals surface area contributed by atoms with E-state index in [0.717, 1.165) is 18.7 Å². The zero-order valence-electron chi connectivity index (χ0n) is 12.1. The molecule has 20 heavy (non-hydrogen) atoms. The summed E-state index contributed by atoms with van der Waals surface area (Å²) >= 11 is 6.02. The average molecular weight is 294 g/mol. The number of halogens is 1. The summed E-state index contributed by atoms with van der Waals surface area (Å²) in [5.74, 6) is 0. The molecule has 0 atom stereocenters. The molecule has 1 heterocycles. The van der Waals surface area contributed by atoms with E-state index >= 15 is 0 Å². The van der Waals surface area contributed by atoms with Crippen molar-refractivity contribution >= 4 is 17.3 Å². The first-order valence-electron chi connectivity index (χ1n) is 7.87. The zero-order valence-corrected chi connectivity index (χ0v) is 12.8. The molecule has 0 bridgehead atoms. The number of nitrogens with zero attached hydrogens (tertiary/aromatic N) is 1. The van der Waals surface area contributed by atoms with Gasteiger partial charge in [-0.3, -0.25) is 0 Å². The summed E-state index contributed by atoms with van der Waals surface area (Å²) in [7, 11) is 0. The maximum Gasteiger partial charge on any atom is 0.0702 e. The quantitative estimate of drug-likeness (QED) is 0.874. The Kier molecular flexibility index (Phi) is 4.23. The second-order valence-corrected chi connectivity index (χ2v) is 6.92. The Hall–Kier alpha value is -0.730. The Morgan fingerprint density at radius 2 is 1.75 bits per heavy atom. The topological polar surface area (TPSA) is 23.5 Å². The molecule has 110 valence electrons. The molecule has 1 N–H and O–H groups in total. The van der Waals surface area contributed by atoms with Crippen LogP contribution in [0, 0.1) is 5.41 Å². The third-order valence-electron chi connectivity index (χ3n) is 5.29. The first-order chi connectivity index (χ1) is 9.72. The van der Waals surface area contributed by atoms with Crippen LogP contribution in [0.4, 0.5) is 5.69 Å². The predicted molar refractivity (Wildman–Crippen MR) is 84.3 cm³/mol. The molecule has 2 aliphatic rings. The third kappa shape index (κ3) is 2.82. The molecule has 1 aromatic carbocycles. The van der Waals surface area contributed by atoms with E-state index < -0.39 is 0 Å². The molecule has 2 fully saturated rings. The van der Waals surface area contributed by atoms with Crippen molar-refractivity contribution in [1.29, 1.82) is 0 Å². The monoisotopic (exact) mass is 293 g/mol. The molecule has 2 nitrogen and oxygen atoms in total. The molecule has 1 aliphatic heterocycles. The smallest absolute Gasteiger partial charge is 0.0702 e. The molecule has 1 aromatic rings. The molecule has 1 spiro atoms. The predicted octanol–water partition coefficient (Wildman–Crippen LogP) is 4.38. The van der Waals surface area contributed by atoms with Crippen molar-refractivity contribution in [3.8, 4) is 0 Å². The van der Waals surface area contributed by atoms with Gasteiger partial charge in [-0.25, -0.2) is 0 Å². The fraction of sp³-hybridized carbons (Fsp3) is 0.647. The van der Waals surface area contributed by atoms with E-state index in [0.29, 0.717) is 10.4 Å². The Balaban J connectivity index is 1.71. The van der Waals surface area contributed by atoms with Crippen LogP contribution in [0.2, 0.25) is 5.02 Å². The van der Waals surface area contributed by atoms with Gasteiger partial charge in [0.15, 0.2) is 0 Å². The van der Waals surface area contributed by atoms with Crippen LogP contribution < -0.4 is 4.90 Å². The van der Waals surface area contributed by atoms with Gasteiger partial charge in [0, 0.05) is 29.4 Å². The van der Waals surface area contributed by atoms with E-state index in [9.17, 15) is 5.11 Å². The molecular weight excluding hydrogens is 270 g/mol. The maximum atomic E-state index is 9.53. The van der Waals surface area contributed by atoms with Gasteiger partial charge < -0.3 is 10.0 Å². The van der Waals surface area contributed by atoms with Crippen LogP contribution in [0.5, 0.6) is 0 Å². The third-order valence-corrected chi connectivity index (χ3v) is 5.53. The molecular formula is C17H24ClNO. The molecule has 1 saturated carbocycles. The van der Waals surface area contributed by atoms with Crippen molar-refractivity contribution in [1.82, 2.24) is 0 Å². The van der Waals surface area contributed by atoms with Gasteiger partial charge in [0.25, 0.3) is 0 Å². The van der Waals surface area contributed by atoms with E-state index in [1.54, 1.807) is 0 Å². The molecule has 3 rings (SSSR count). The normalized spacial score (nSPS) is 22.2. The van der Waals surface area contributed by atoms with Crippen LogP contribution in [-0.2, 0) is 6.61 Å². The summed E-state index contributed by atoms with van der Waals surface area (Å²) in [5.41, 5.74) is 2.75. The van der Waals surface area contributed by atoms with Gasteiger partial charge in [0.05, 0.1) is 6.61 Å². The van der Waals surface area contributed by atoms with Crippen molar-refractivity contribution in [2.75, 3.05) is 18.0 Å². The number of rotatable bonds is 2. The highest BCUT2D eigenvalue weighted by atomic mass is 35.5. The van der Waals surface area contributed by atoms with E-state index in [1.807, 2.05) is 12.1 Å². The number of benzene rings is 1. The molecule has 1 saturated heterocycles. The minimum absolute atomic E-state index is 0.0670. The summed E-state index contributed by atoms with van der Waals surface area (Å²) in [6, 6.07) is 5.88. The van der Waals surface area contributed by atoms with Crippen molar-refractivity contribution < 1.29 is 5.11 Å². The number of hydrogen-bond acceptors (Lipinski definition) is 2. The summed E-state index contributed by atoms with van der Waals surface area (Å²) in [6.45, 7) is 2.31. The molecule has 0 radical (unpaired) electrons. The van der Waals surface area contributed by atoms with Crippen LogP contribution in [-0.4, -0.2) is 18.2 Å². The SMILES string of the molecule is OCc1cc(Cl)ccc1N1CCC2(CCCCC2)CC1. The lowest BCUT2D eigenvalue weighted by Gasteiger charge is -2.45. The van der Waals surface area contributed by atoms with Crippen LogP contribution in [0.25, 0.3) is 0 Å². The highest BCUT2D eigenvalue weighted by Gasteiger charge is 2.35. The second-order valence-electron chi connectivity index (χ2n) is 6.48. The highest BCUT2D eigenvalue weighted by Crippen LogP contribution is 2.45. The van der Waals surface area contributed by atoms with Gasteiger partial charge in [-0.2, -0.15) is 0 Å². The first kappa shape index (κ1) is 14.2. The number of piperidine rings is 1. The van der Waals surface area contributed by atoms with Crippen LogP contribution >= 0.6 is 11.6 Å². The van der Waals surface area contributed by atoms with Gasteiger partial charge in [-0.05, 0) is 49.3 Å². The highest BCUT2D eigenvalue weighted by molar-refractivity contribution is 6.30. The van der Waals surface area contributed by atoms with Crippen molar-refractivity contribution in [3.05, 3.63) is 28.8 Å². The van der Waals surface area contributed by atoms with E-state index in [2.05, 4.69) is 11.0 Å². The first-order valence-corrected chi connectivity index (χ1v) is 8.25. The minimum Gasteiger partial charge on any atom is -0.392 e. The van der Waals surface area contributed by atoms with E-state index in [-0.39, 0.29) is 6.61 Å². The summed E-state index contributed by atoms with van der Waals surface area (Å²) < 4.78 is 0. The Bertz CT molecular complexity index is 458. The second kappa shape index (κ2) is 5.95. The summed E-state index contributed by atoms with van der Waals surface area (Å²) in [4.78, 5) is 2.43. The fourth-order valence-corrected chi connectivity index (χ4v) is 4.21. The van der Waals surface area contributed by atoms with Crippen molar-refractivity contribution in [3.63, 3.8) is 0 Å². The summed E-state index contributed by atoms with van der Waals surface area (Å²) in [5, 5.41) is 10.2. The van der Waals surface area contributed by atoms with Crippen LogP contribution in [0.1, 0.15) is 50.5 Å². The van der Waals surface area contributed by atoms with E-state index in [4.69, 9.17) is 11.6 Å². The van der Waals surface area contributed by atoms with Gasteiger partial charge in [-0.15, -0.1) is 0 Å². The number of aliphatic hydroxyl groups excluding tert-OH is 1. The number of aliphatic hydroxyl groups is 1. The lowest BCUT2D eigenvalue weighted by atomic mass is 9.68. The average Bonchev–Trinajstić information content (AvgIpc) is 2.49. The molecule has 1 aliphatic carbocycles. The van der Waals surface area contributed by atoms with E-state index in [1.165, 1.54) is 50.6 Å². The Morgan fingerprint density at radius 1 is 1.05 bits per heavy atom.